The van der Waals surface area contributed by atoms with Crippen molar-refractivity contribution in [1.82, 2.24) is 0 Å². The molecule has 0 aliphatic carbocycles. The number of carbonyl (C=O) groups is 1. The van der Waals surface area contributed by atoms with Crippen molar-refractivity contribution in [3.63, 3.8) is 0 Å². The zero-order valence-electron chi connectivity index (χ0n) is 10.1. The van der Waals surface area contributed by atoms with E-state index in [1.165, 1.54) is 25.3 Å². The average Bonchev–Trinajstić information content (AvgIpc) is 2.37. The lowest BCUT2D eigenvalue weighted by Gasteiger charge is -2.17. The Balaban J connectivity index is 3.20. The normalized spacial score (nSPS) is 9.94. The van der Waals surface area contributed by atoms with E-state index in [2.05, 4.69) is 4.74 Å². The van der Waals surface area contributed by atoms with Gasteiger partial charge in [-0.1, -0.05) is 0 Å². The molecule has 0 N–H and O–H groups in total. The Bertz CT molecular complexity index is 464. The molecule has 0 unspecified atom stereocenters. The van der Waals surface area contributed by atoms with Gasteiger partial charge in [0.1, 0.15) is 5.69 Å². The van der Waals surface area contributed by atoms with Gasteiger partial charge in [-0.15, -0.1) is 11.6 Å². The second-order valence-corrected chi connectivity index (χ2v) is 3.94. The third-order valence-corrected chi connectivity index (χ3v) is 2.59. The van der Waals surface area contributed by atoms with Gasteiger partial charge in [-0.2, -0.15) is 0 Å². The number of nitro groups is 1. The standard InChI is InChI=1S/C11H13ClN2O4/c1-13(6-5-12)9-4-3-8(11(15)18-2)7-10(9)14(16)17/h3-4,7H,5-6H2,1-2H3. The summed E-state index contributed by atoms with van der Waals surface area (Å²) < 4.78 is 4.52. The van der Waals surface area contributed by atoms with Crippen LogP contribution in [0.5, 0.6) is 0 Å². The van der Waals surface area contributed by atoms with Crippen LogP contribution in [0.25, 0.3) is 0 Å². The Labute approximate surface area is 109 Å². The van der Waals surface area contributed by atoms with E-state index in [0.29, 0.717) is 18.1 Å². The van der Waals surface area contributed by atoms with E-state index in [4.69, 9.17) is 11.6 Å². The Hall–Kier alpha value is -1.82. The van der Waals surface area contributed by atoms with Gasteiger partial charge in [0.15, 0.2) is 0 Å². The van der Waals surface area contributed by atoms with Crippen molar-refractivity contribution in [3.8, 4) is 0 Å². The first kappa shape index (κ1) is 14.2. The molecule has 0 saturated heterocycles. The molecule has 6 nitrogen and oxygen atoms in total. The molecule has 0 saturated carbocycles. The highest BCUT2D eigenvalue weighted by Crippen LogP contribution is 2.28. The summed E-state index contributed by atoms with van der Waals surface area (Å²) in [4.78, 5) is 23.4. The lowest BCUT2D eigenvalue weighted by molar-refractivity contribution is -0.384. The van der Waals surface area contributed by atoms with Crippen LogP contribution in [0.3, 0.4) is 0 Å². The van der Waals surface area contributed by atoms with Crippen LogP contribution >= 0.6 is 11.6 Å². The summed E-state index contributed by atoms with van der Waals surface area (Å²) in [6.07, 6.45) is 0. The van der Waals surface area contributed by atoms with E-state index in [0.717, 1.165) is 0 Å². The van der Waals surface area contributed by atoms with Crippen LogP contribution in [0.15, 0.2) is 18.2 Å². The van der Waals surface area contributed by atoms with Crippen LogP contribution in [0.1, 0.15) is 10.4 Å². The number of methoxy groups -OCH3 is 1. The van der Waals surface area contributed by atoms with Crippen LogP contribution < -0.4 is 4.90 Å². The topological polar surface area (TPSA) is 72.7 Å². The van der Waals surface area contributed by atoms with Gasteiger partial charge in [0.2, 0.25) is 0 Å². The van der Waals surface area contributed by atoms with Gasteiger partial charge < -0.3 is 9.64 Å². The molecule has 0 heterocycles. The number of hydrogen-bond donors (Lipinski definition) is 0. The van der Waals surface area contributed by atoms with Crippen LogP contribution in [0.2, 0.25) is 0 Å². The minimum atomic E-state index is -0.607. The summed E-state index contributed by atoms with van der Waals surface area (Å²) in [7, 11) is 2.92. The summed E-state index contributed by atoms with van der Waals surface area (Å²) in [5, 5.41) is 11.0. The molecule has 1 rings (SSSR count). The van der Waals surface area contributed by atoms with Crippen molar-refractivity contribution >= 4 is 28.9 Å². The molecule has 0 atom stereocenters. The molecule has 18 heavy (non-hydrogen) atoms. The summed E-state index contributed by atoms with van der Waals surface area (Å²) in [5.41, 5.74) is 0.408. The summed E-state index contributed by atoms with van der Waals surface area (Å²) in [6, 6.07) is 4.20. The molecule has 0 fully saturated rings. The van der Waals surface area contributed by atoms with Crippen molar-refractivity contribution in [2.45, 2.75) is 0 Å². The number of hydrogen-bond acceptors (Lipinski definition) is 5. The second-order valence-electron chi connectivity index (χ2n) is 3.56. The number of nitro benzene ring substituents is 1. The molecule has 1 aromatic rings. The SMILES string of the molecule is COC(=O)c1ccc(N(C)CCCl)c([N+](=O)[O-])c1. The van der Waals surface area contributed by atoms with Gasteiger partial charge >= 0.3 is 5.97 Å². The average molecular weight is 273 g/mol. The molecule has 1 aromatic carbocycles. The summed E-state index contributed by atoms with van der Waals surface area (Å²) in [5.74, 6) is -0.253. The largest absolute Gasteiger partial charge is 0.465 e. The predicted octanol–water partition coefficient (Wildman–Crippen LogP) is 2.06. The molecule has 0 bridgehead atoms. The third kappa shape index (κ3) is 3.10. The number of esters is 1. The number of nitrogens with zero attached hydrogens (tertiary/aromatic N) is 2. The maximum Gasteiger partial charge on any atom is 0.338 e. The monoisotopic (exact) mass is 272 g/mol. The summed E-state index contributed by atoms with van der Waals surface area (Å²) in [6.45, 7) is 0.472. The van der Waals surface area contributed by atoms with Crippen molar-refractivity contribution in [3.05, 3.63) is 33.9 Å². The molecular weight excluding hydrogens is 260 g/mol. The van der Waals surface area contributed by atoms with E-state index in [-0.39, 0.29) is 11.3 Å². The van der Waals surface area contributed by atoms with Gasteiger partial charge in [-0.3, -0.25) is 10.1 Å². The highest BCUT2D eigenvalue weighted by molar-refractivity contribution is 6.18. The van der Waals surface area contributed by atoms with E-state index < -0.39 is 10.9 Å². The van der Waals surface area contributed by atoms with Gasteiger partial charge in [0.25, 0.3) is 5.69 Å². The van der Waals surface area contributed by atoms with Gasteiger partial charge in [0, 0.05) is 25.5 Å². The number of halogens is 1. The van der Waals surface area contributed by atoms with Crippen LogP contribution in [0, 0.1) is 10.1 Å². The number of carbonyl (C=O) groups excluding carboxylic acids is 1. The zero-order chi connectivity index (χ0) is 13.7. The Kier molecular flexibility index (Phi) is 4.91. The fourth-order valence-electron chi connectivity index (χ4n) is 1.48. The van der Waals surface area contributed by atoms with E-state index >= 15 is 0 Å². The van der Waals surface area contributed by atoms with Gasteiger partial charge in [-0.25, -0.2) is 4.79 Å². The predicted molar refractivity (Wildman–Crippen MR) is 68.4 cm³/mol. The first-order valence-corrected chi connectivity index (χ1v) is 5.68. The van der Waals surface area contributed by atoms with Gasteiger partial charge in [-0.05, 0) is 12.1 Å². The van der Waals surface area contributed by atoms with Gasteiger partial charge in [0.05, 0.1) is 17.6 Å². The zero-order valence-corrected chi connectivity index (χ0v) is 10.8. The Morgan fingerprint density at radius 1 is 1.56 bits per heavy atom. The summed E-state index contributed by atoms with van der Waals surface area (Å²) >= 11 is 5.60. The van der Waals surface area contributed by atoms with Crippen LogP contribution in [-0.2, 0) is 4.74 Å². The lowest BCUT2D eigenvalue weighted by atomic mass is 10.1. The van der Waals surface area contributed by atoms with E-state index in [1.54, 1.807) is 11.9 Å². The number of ether oxygens (including phenoxy) is 1. The van der Waals surface area contributed by atoms with Crippen LogP contribution in [0.4, 0.5) is 11.4 Å². The minimum Gasteiger partial charge on any atom is -0.465 e. The van der Waals surface area contributed by atoms with Crippen molar-refractivity contribution in [1.29, 1.82) is 0 Å². The minimum absolute atomic E-state index is 0.146. The number of anilines is 1. The smallest absolute Gasteiger partial charge is 0.338 e. The Morgan fingerprint density at radius 2 is 2.22 bits per heavy atom. The second kappa shape index (κ2) is 6.20. The quantitative estimate of drug-likeness (QED) is 0.355. The van der Waals surface area contributed by atoms with E-state index in [9.17, 15) is 14.9 Å². The highest BCUT2D eigenvalue weighted by Gasteiger charge is 2.20. The maximum absolute atomic E-state index is 11.3. The molecule has 7 heteroatoms. The lowest BCUT2D eigenvalue weighted by Crippen LogP contribution is -2.20. The number of rotatable bonds is 5. The first-order chi connectivity index (χ1) is 8.51. The molecule has 0 spiro atoms. The van der Waals surface area contributed by atoms with Crippen molar-refractivity contribution in [2.75, 3.05) is 31.5 Å². The number of alkyl halides is 1. The van der Waals surface area contributed by atoms with Crippen molar-refractivity contribution < 1.29 is 14.5 Å². The maximum atomic E-state index is 11.3. The first-order valence-electron chi connectivity index (χ1n) is 5.15. The fraction of sp³-hybridized carbons (Fsp3) is 0.364. The molecule has 0 aliphatic rings. The van der Waals surface area contributed by atoms with Crippen molar-refractivity contribution in [2.24, 2.45) is 0 Å². The molecule has 0 radical (unpaired) electrons. The Morgan fingerprint density at radius 3 is 2.72 bits per heavy atom. The molecule has 98 valence electrons. The molecule has 0 aliphatic heterocycles. The van der Waals surface area contributed by atoms with E-state index in [1.807, 2.05) is 0 Å². The molecular formula is C11H13ClN2O4. The third-order valence-electron chi connectivity index (χ3n) is 2.42. The molecule has 0 amide bonds. The van der Waals surface area contributed by atoms with Crippen LogP contribution in [-0.4, -0.2) is 37.5 Å². The number of benzene rings is 1. The molecule has 0 aromatic heterocycles. The fourth-order valence-corrected chi connectivity index (χ4v) is 1.74. The highest BCUT2D eigenvalue weighted by atomic mass is 35.5.